The number of hydrogen-bond donors (Lipinski definition) is 6. The van der Waals surface area contributed by atoms with Gasteiger partial charge in [-0.1, -0.05) is 5.16 Å². The van der Waals surface area contributed by atoms with E-state index in [9.17, 15) is 29.1 Å². The van der Waals surface area contributed by atoms with Gasteiger partial charge in [-0.3, -0.25) is 24.1 Å². The molecule has 1 saturated heterocycles. The first-order chi connectivity index (χ1) is 20.4. The first-order valence-electron chi connectivity index (χ1n) is 12.3. The van der Waals surface area contributed by atoms with E-state index in [4.69, 9.17) is 21.4 Å². The van der Waals surface area contributed by atoms with E-state index in [1.165, 1.54) is 35.8 Å². The van der Waals surface area contributed by atoms with Gasteiger partial charge >= 0.3 is 17.1 Å². The van der Waals surface area contributed by atoms with Gasteiger partial charge in [0.25, 0.3) is 17.6 Å². The van der Waals surface area contributed by atoms with Crippen LogP contribution in [0.25, 0.3) is 0 Å². The molecule has 0 saturated carbocycles. The third-order valence-corrected chi connectivity index (χ3v) is 9.15. The number of carboxylic acids is 2. The minimum atomic E-state index is -1.30. The van der Waals surface area contributed by atoms with Crippen molar-refractivity contribution >= 4 is 87.4 Å². The standard InChI is InChI=1S/C23H25N9O8S3/c1-9(3-13(34)35)40-30-14(12-7-42-22(25)27-12)18(36)28-15-19(37)32-16(21(38)39)10(5-41-20(15)32)6-43-23-29-17(24)11(26-8-33)4-31(23)2/h4,7-9,15,20,24H,3,5-6H2,1-2H3,(H6,25,26,27,28,33,34,35,36,38,39)/p+1/b30-14-/t9?,15?,20-/m1/s1. The number of fused-ring (bicyclic) bond motifs is 1. The molecule has 0 spiro atoms. The maximum absolute atomic E-state index is 13.2. The molecule has 3 atom stereocenters. The molecule has 43 heavy (non-hydrogen) atoms. The fourth-order valence-electron chi connectivity index (χ4n) is 4.05. The molecule has 3 amide bonds. The number of rotatable bonds is 13. The molecule has 0 aromatic carbocycles. The van der Waals surface area contributed by atoms with Crippen molar-refractivity contribution in [2.45, 2.75) is 36.0 Å². The van der Waals surface area contributed by atoms with Crippen LogP contribution in [0, 0.1) is 0 Å². The van der Waals surface area contributed by atoms with E-state index in [2.05, 4.69) is 25.8 Å². The minimum absolute atomic E-state index is 0.0604. The lowest BCUT2D eigenvalue weighted by molar-refractivity contribution is -0.712. The quantitative estimate of drug-likeness (QED) is 0.0295. The van der Waals surface area contributed by atoms with Crippen molar-refractivity contribution in [3.63, 3.8) is 0 Å². The summed E-state index contributed by atoms with van der Waals surface area (Å²) in [6.07, 6.45) is 0.796. The number of carbonyl (C=O) groups excluding carboxylic acids is 3. The fourth-order valence-corrected chi connectivity index (χ4v) is 7.03. The number of carboxylic acid groups (broad SMARTS) is 2. The molecule has 2 aromatic rings. The van der Waals surface area contributed by atoms with Gasteiger partial charge in [-0.05, 0) is 29.2 Å². The summed E-state index contributed by atoms with van der Waals surface area (Å²) in [4.78, 5) is 74.9. The van der Waals surface area contributed by atoms with E-state index < -0.39 is 41.3 Å². The second-order valence-corrected chi connectivity index (χ2v) is 12.1. The molecule has 8 N–H and O–H groups in total. The SMILES string of the molecule is CC(CC(=O)O)O/N=C(\C(=O)NC1C(=O)N2C(C(=O)O)=C(CSc3nc(N)c(NC=O)c[n+]3C)CS[C@H]12)c1csc(N)n1. The third-order valence-electron chi connectivity index (χ3n) is 6.01. The van der Waals surface area contributed by atoms with Crippen molar-refractivity contribution in [1.29, 1.82) is 0 Å². The summed E-state index contributed by atoms with van der Waals surface area (Å²) in [5.41, 5.74) is 11.9. The van der Waals surface area contributed by atoms with Crippen molar-refractivity contribution in [2.75, 3.05) is 28.3 Å². The Morgan fingerprint density at radius 3 is 2.72 bits per heavy atom. The summed E-state index contributed by atoms with van der Waals surface area (Å²) in [7, 11) is 1.69. The highest BCUT2D eigenvalue weighted by molar-refractivity contribution is 8.01. The summed E-state index contributed by atoms with van der Waals surface area (Å²) in [5, 5.41) is 29.1. The molecule has 20 heteroatoms. The molecule has 4 heterocycles. The zero-order chi connectivity index (χ0) is 31.4. The second-order valence-electron chi connectivity index (χ2n) is 9.13. The highest BCUT2D eigenvalue weighted by Gasteiger charge is 2.54. The number of aliphatic carboxylic acids is 2. The molecule has 2 aliphatic heterocycles. The molecule has 1 fully saturated rings. The normalized spacial score (nSPS) is 18.8. The van der Waals surface area contributed by atoms with Gasteiger partial charge in [0.2, 0.25) is 6.41 Å². The number of nitrogen functional groups attached to an aromatic ring is 2. The van der Waals surface area contributed by atoms with Gasteiger partial charge in [0.15, 0.2) is 10.8 Å². The van der Waals surface area contributed by atoms with Crippen molar-refractivity contribution in [2.24, 2.45) is 12.2 Å². The topological polar surface area (TPSA) is 256 Å². The Morgan fingerprint density at radius 1 is 1.35 bits per heavy atom. The Hall–Kier alpha value is -4.43. The smallest absolute Gasteiger partial charge is 0.361 e. The number of thiazole rings is 1. The number of aromatic nitrogens is 3. The Bertz CT molecular complexity index is 1550. The molecule has 228 valence electrons. The van der Waals surface area contributed by atoms with E-state index >= 15 is 0 Å². The van der Waals surface area contributed by atoms with Crippen LogP contribution < -0.4 is 26.7 Å². The third kappa shape index (κ3) is 6.97. The van der Waals surface area contributed by atoms with Gasteiger partial charge in [0, 0.05) is 16.9 Å². The monoisotopic (exact) mass is 652 g/mol. The number of nitrogens with two attached hydrogens (primary N) is 2. The van der Waals surface area contributed by atoms with Crippen molar-refractivity contribution in [3.05, 3.63) is 28.5 Å². The fraction of sp³-hybridized carbons (Fsp3) is 0.348. The number of hydrogen-bond acceptors (Lipinski definition) is 14. The predicted octanol–water partition coefficient (Wildman–Crippen LogP) is -0.790. The molecule has 2 aliphatic rings. The molecule has 0 bridgehead atoms. The molecule has 17 nitrogen and oxygen atoms in total. The van der Waals surface area contributed by atoms with E-state index in [1.54, 1.807) is 17.8 Å². The van der Waals surface area contributed by atoms with E-state index in [-0.39, 0.29) is 46.0 Å². The molecule has 4 rings (SSSR count). The Morgan fingerprint density at radius 2 is 2.09 bits per heavy atom. The first-order valence-corrected chi connectivity index (χ1v) is 15.2. The Labute approximate surface area is 255 Å². The predicted molar refractivity (Wildman–Crippen MR) is 156 cm³/mol. The summed E-state index contributed by atoms with van der Waals surface area (Å²) in [5.74, 6) is -3.39. The number of carbonyl (C=O) groups is 5. The molecule has 0 aliphatic carbocycles. The van der Waals surface area contributed by atoms with Crippen LogP contribution in [-0.4, -0.2) is 90.0 Å². The molecule has 0 radical (unpaired) electrons. The van der Waals surface area contributed by atoms with Gasteiger partial charge in [-0.15, -0.1) is 23.1 Å². The number of oxime groups is 1. The lowest BCUT2D eigenvalue weighted by Crippen LogP contribution is -2.71. The van der Waals surface area contributed by atoms with Gasteiger partial charge in [-0.25, -0.2) is 14.3 Å². The average molecular weight is 653 g/mol. The van der Waals surface area contributed by atoms with Crippen LogP contribution in [0.5, 0.6) is 0 Å². The molecule has 2 aromatic heterocycles. The van der Waals surface area contributed by atoms with Crippen LogP contribution in [0.15, 0.2) is 33.2 Å². The summed E-state index contributed by atoms with van der Waals surface area (Å²) >= 11 is 3.51. The van der Waals surface area contributed by atoms with E-state index in [0.29, 0.717) is 22.8 Å². The van der Waals surface area contributed by atoms with Crippen LogP contribution in [0.2, 0.25) is 0 Å². The minimum Gasteiger partial charge on any atom is -0.481 e. The van der Waals surface area contributed by atoms with Crippen LogP contribution in [-0.2, 0) is 35.9 Å². The number of β-lactam (4-membered cyclic amide) rings is 1. The largest absolute Gasteiger partial charge is 0.481 e. The number of nitrogens with one attached hydrogen (secondary N) is 2. The number of amides is 3. The second kappa shape index (κ2) is 13.3. The Kier molecular flexibility index (Phi) is 9.71. The maximum atomic E-state index is 13.2. The first kappa shape index (κ1) is 31.5. The van der Waals surface area contributed by atoms with Crippen LogP contribution >= 0.6 is 34.9 Å². The van der Waals surface area contributed by atoms with Gasteiger partial charge in [0.1, 0.15) is 40.8 Å². The highest BCUT2D eigenvalue weighted by Crippen LogP contribution is 2.41. The highest BCUT2D eigenvalue weighted by atomic mass is 32.2. The van der Waals surface area contributed by atoms with Gasteiger partial charge in [0.05, 0.1) is 13.5 Å². The molecule has 2 unspecified atom stereocenters. The maximum Gasteiger partial charge on any atom is 0.361 e. The van der Waals surface area contributed by atoms with Crippen molar-refractivity contribution < 1.29 is 43.6 Å². The van der Waals surface area contributed by atoms with Crippen molar-refractivity contribution in [3.8, 4) is 0 Å². The number of nitrogens with zero attached hydrogens (tertiary/aromatic N) is 5. The van der Waals surface area contributed by atoms with E-state index in [0.717, 1.165) is 16.2 Å². The summed E-state index contributed by atoms with van der Waals surface area (Å²) in [6.45, 7) is 1.45. The molecular formula is C23H26N9O8S3+. The molecular weight excluding hydrogens is 627 g/mol. The van der Waals surface area contributed by atoms with Crippen molar-refractivity contribution in [1.82, 2.24) is 20.2 Å². The lowest BCUT2D eigenvalue weighted by Gasteiger charge is -2.49. The number of aryl methyl sites for hydroxylation is 1. The van der Waals surface area contributed by atoms with Crippen LogP contribution in [0.3, 0.4) is 0 Å². The zero-order valence-corrected chi connectivity index (χ0v) is 25.0. The lowest BCUT2D eigenvalue weighted by atomic mass is 10.0. The number of thioether (sulfide) groups is 2. The Balaban J connectivity index is 1.49. The van der Waals surface area contributed by atoms with Gasteiger partial charge < -0.3 is 37.2 Å². The van der Waals surface area contributed by atoms with E-state index in [1.807, 2.05) is 0 Å². The summed E-state index contributed by atoms with van der Waals surface area (Å²) < 4.78 is 1.62. The summed E-state index contributed by atoms with van der Waals surface area (Å²) in [6, 6.07) is -1.07. The average Bonchev–Trinajstić information content (AvgIpc) is 3.37. The zero-order valence-electron chi connectivity index (χ0n) is 22.5. The number of anilines is 3. The van der Waals surface area contributed by atoms with Crippen LogP contribution in [0.1, 0.15) is 19.0 Å². The van der Waals surface area contributed by atoms with Gasteiger partial charge in [-0.2, -0.15) is 0 Å². The van der Waals surface area contributed by atoms with Crippen LogP contribution in [0.4, 0.5) is 16.6 Å².